The molecule has 1 amide bonds. The Morgan fingerprint density at radius 3 is 2.16 bits per heavy atom. The SMILES string of the molecule is Cc1ccccc1NS(=O)(=O)c1ccc(NC(=O)[C@H](C)Oc2ccccc2C(C)C)cc1. The summed E-state index contributed by atoms with van der Waals surface area (Å²) in [7, 11) is -3.74. The molecule has 0 heterocycles. The van der Waals surface area contributed by atoms with Gasteiger partial charge in [-0.15, -0.1) is 0 Å². The minimum atomic E-state index is -3.74. The zero-order valence-electron chi connectivity index (χ0n) is 18.6. The number of para-hydroxylation sites is 2. The van der Waals surface area contributed by atoms with E-state index in [9.17, 15) is 13.2 Å². The Labute approximate surface area is 189 Å². The van der Waals surface area contributed by atoms with Crippen molar-refractivity contribution in [1.29, 1.82) is 0 Å². The van der Waals surface area contributed by atoms with Gasteiger partial charge >= 0.3 is 0 Å². The van der Waals surface area contributed by atoms with Crippen LogP contribution < -0.4 is 14.8 Å². The van der Waals surface area contributed by atoms with Crippen LogP contribution in [0.5, 0.6) is 5.75 Å². The summed E-state index contributed by atoms with van der Waals surface area (Å²) in [4.78, 5) is 12.7. The summed E-state index contributed by atoms with van der Waals surface area (Å²) in [5, 5.41) is 2.77. The first kappa shape index (κ1) is 23.3. The van der Waals surface area contributed by atoms with Crippen molar-refractivity contribution in [3.05, 3.63) is 83.9 Å². The van der Waals surface area contributed by atoms with Crippen LogP contribution in [0.4, 0.5) is 11.4 Å². The third kappa shape index (κ3) is 5.68. The lowest BCUT2D eigenvalue weighted by Gasteiger charge is -2.18. The molecule has 3 rings (SSSR count). The minimum absolute atomic E-state index is 0.105. The third-order valence-electron chi connectivity index (χ3n) is 5.04. The van der Waals surface area contributed by atoms with Gasteiger partial charge in [-0.2, -0.15) is 0 Å². The average molecular weight is 453 g/mol. The molecule has 0 aliphatic heterocycles. The van der Waals surface area contributed by atoms with E-state index in [0.29, 0.717) is 17.1 Å². The molecule has 0 aromatic heterocycles. The molecule has 0 saturated heterocycles. The van der Waals surface area contributed by atoms with Crippen molar-refractivity contribution in [2.24, 2.45) is 0 Å². The van der Waals surface area contributed by atoms with Crippen molar-refractivity contribution in [3.8, 4) is 5.75 Å². The maximum absolute atomic E-state index is 12.7. The van der Waals surface area contributed by atoms with E-state index in [-0.39, 0.29) is 16.7 Å². The Balaban J connectivity index is 1.66. The Kier molecular flexibility index (Phi) is 7.20. The zero-order chi connectivity index (χ0) is 23.3. The highest BCUT2D eigenvalue weighted by atomic mass is 32.2. The smallest absolute Gasteiger partial charge is 0.265 e. The number of carbonyl (C=O) groups is 1. The molecule has 168 valence electrons. The molecule has 0 radical (unpaired) electrons. The van der Waals surface area contributed by atoms with Crippen molar-refractivity contribution < 1.29 is 17.9 Å². The van der Waals surface area contributed by atoms with E-state index in [1.54, 1.807) is 31.2 Å². The van der Waals surface area contributed by atoms with Gasteiger partial charge in [0.2, 0.25) is 0 Å². The minimum Gasteiger partial charge on any atom is -0.481 e. The van der Waals surface area contributed by atoms with Gasteiger partial charge in [-0.05, 0) is 67.3 Å². The Morgan fingerprint density at radius 2 is 1.50 bits per heavy atom. The summed E-state index contributed by atoms with van der Waals surface area (Å²) in [5.74, 6) is 0.621. The molecular formula is C25H28N2O4S. The first-order valence-electron chi connectivity index (χ1n) is 10.4. The van der Waals surface area contributed by atoms with Crippen LogP contribution in [0.25, 0.3) is 0 Å². The third-order valence-corrected chi connectivity index (χ3v) is 6.42. The van der Waals surface area contributed by atoms with Gasteiger partial charge in [0.25, 0.3) is 15.9 Å². The summed E-state index contributed by atoms with van der Waals surface area (Å²) in [5.41, 5.74) is 2.87. The molecule has 0 aliphatic rings. The predicted molar refractivity (Wildman–Crippen MR) is 128 cm³/mol. The fraction of sp³-hybridized carbons (Fsp3) is 0.240. The van der Waals surface area contributed by atoms with Gasteiger partial charge in [0.05, 0.1) is 10.6 Å². The highest BCUT2D eigenvalue weighted by molar-refractivity contribution is 7.92. The van der Waals surface area contributed by atoms with Crippen molar-refractivity contribution >= 4 is 27.3 Å². The summed E-state index contributed by atoms with van der Waals surface area (Å²) >= 11 is 0. The van der Waals surface area contributed by atoms with Gasteiger partial charge in [-0.3, -0.25) is 9.52 Å². The number of aryl methyl sites for hydroxylation is 1. The van der Waals surface area contributed by atoms with Crippen LogP contribution in [0.3, 0.4) is 0 Å². The van der Waals surface area contributed by atoms with Gasteiger partial charge in [-0.25, -0.2) is 8.42 Å². The first-order chi connectivity index (χ1) is 15.2. The van der Waals surface area contributed by atoms with Crippen molar-refractivity contribution in [2.75, 3.05) is 10.0 Å². The van der Waals surface area contributed by atoms with E-state index in [0.717, 1.165) is 11.1 Å². The first-order valence-corrected chi connectivity index (χ1v) is 11.9. The number of carbonyl (C=O) groups excluding carboxylic acids is 1. The van der Waals surface area contributed by atoms with Crippen LogP contribution in [0.1, 0.15) is 37.8 Å². The van der Waals surface area contributed by atoms with Gasteiger partial charge in [0.15, 0.2) is 6.10 Å². The van der Waals surface area contributed by atoms with E-state index in [1.165, 1.54) is 12.1 Å². The highest BCUT2D eigenvalue weighted by Crippen LogP contribution is 2.27. The Bertz CT molecular complexity index is 1190. The summed E-state index contributed by atoms with van der Waals surface area (Å²) in [6.45, 7) is 7.64. The van der Waals surface area contributed by atoms with E-state index < -0.39 is 16.1 Å². The zero-order valence-corrected chi connectivity index (χ0v) is 19.4. The Morgan fingerprint density at radius 1 is 0.875 bits per heavy atom. The molecule has 7 heteroatoms. The van der Waals surface area contributed by atoms with E-state index in [2.05, 4.69) is 23.9 Å². The lowest BCUT2D eigenvalue weighted by Crippen LogP contribution is -2.30. The molecule has 3 aromatic carbocycles. The molecule has 0 aliphatic carbocycles. The second-order valence-corrected chi connectivity index (χ2v) is 9.57. The molecule has 0 saturated carbocycles. The van der Waals surface area contributed by atoms with Crippen LogP contribution in [0, 0.1) is 6.92 Å². The fourth-order valence-electron chi connectivity index (χ4n) is 3.16. The van der Waals surface area contributed by atoms with Gasteiger partial charge < -0.3 is 10.1 Å². The van der Waals surface area contributed by atoms with E-state index >= 15 is 0 Å². The molecule has 0 fully saturated rings. The molecule has 3 aromatic rings. The molecule has 0 spiro atoms. The standard InChI is InChI=1S/C25H28N2O4S/c1-17(2)22-10-6-8-12-24(22)31-19(4)25(28)26-20-13-15-21(16-14-20)32(29,30)27-23-11-7-5-9-18(23)3/h5-17,19,27H,1-4H3,(H,26,28)/t19-/m0/s1. The number of ether oxygens (including phenoxy) is 1. The van der Waals surface area contributed by atoms with Crippen molar-refractivity contribution in [3.63, 3.8) is 0 Å². The van der Waals surface area contributed by atoms with Crippen LogP contribution in [-0.4, -0.2) is 20.4 Å². The monoisotopic (exact) mass is 452 g/mol. The number of hydrogen-bond donors (Lipinski definition) is 2. The lowest BCUT2D eigenvalue weighted by atomic mass is 10.0. The second-order valence-electron chi connectivity index (χ2n) is 7.89. The second kappa shape index (κ2) is 9.87. The highest BCUT2D eigenvalue weighted by Gasteiger charge is 2.19. The number of anilines is 2. The average Bonchev–Trinajstić information content (AvgIpc) is 2.76. The number of benzene rings is 3. The largest absolute Gasteiger partial charge is 0.481 e. The molecular weight excluding hydrogens is 424 g/mol. The molecule has 1 atom stereocenters. The summed E-state index contributed by atoms with van der Waals surface area (Å²) in [6.07, 6.45) is -0.721. The molecule has 32 heavy (non-hydrogen) atoms. The van der Waals surface area contributed by atoms with E-state index in [1.807, 2.05) is 43.3 Å². The van der Waals surface area contributed by atoms with Gasteiger partial charge in [-0.1, -0.05) is 50.2 Å². The number of amides is 1. The van der Waals surface area contributed by atoms with Gasteiger partial charge in [0, 0.05) is 5.69 Å². The van der Waals surface area contributed by atoms with Crippen LogP contribution in [-0.2, 0) is 14.8 Å². The maximum atomic E-state index is 12.7. The Hall–Kier alpha value is -3.32. The molecule has 6 nitrogen and oxygen atoms in total. The number of nitrogens with one attached hydrogen (secondary N) is 2. The van der Waals surface area contributed by atoms with Crippen molar-refractivity contribution in [1.82, 2.24) is 0 Å². The summed E-state index contributed by atoms with van der Waals surface area (Å²) < 4.78 is 33.8. The van der Waals surface area contributed by atoms with Gasteiger partial charge in [0.1, 0.15) is 5.75 Å². The topological polar surface area (TPSA) is 84.5 Å². The van der Waals surface area contributed by atoms with Crippen LogP contribution >= 0.6 is 0 Å². The van der Waals surface area contributed by atoms with E-state index in [4.69, 9.17) is 4.74 Å². The molecule has 0 bridgehead atoms. The summed E-state index contributed by atoms with van der Waals surface area (Å²) in [6, 6.07) is 20.8. The maximum Gasteiger partial charge on any atom is 0.265 e. The molecule has 2 N–H and O–H groups in total. The van der Waals surface area contributed by atoms with Crippen molar-refractivity contribution in [2.45, 2.75) is 44.6 Å². The van der Waals surface area contributed by atoms with Crippen LogP contribution in [0.15, 0.2) is 77.7 Å². The van der Waals surface area contributed by atoms with Crippen LogP contribution in [0.2, 0.25) is 0 Å². The fourth-order valence-corrected chi connectivity index (χ4v) is 4.29. The quantitative estimate of drug-likeness (QED) is 0.484. The number of rotatable bonds is 8. The lowest BCUT2D eigenvalue weighted by molar-refractivity contribution is -0.122. The number of sulfonamides is 1. The predicted octanol–water partition coefficient (Wildman–Crippen LogP) is 5.33. The molecule has 0 unspecified atom stereocenters. The number of hydrogen-bond acceptors (Lipinski definition) is 4. The normalized spacial score (nSPS) is 12.3.